The van der Waals surface area contributed by atoms with Crippen molar-refractivity contribution in [2.24, 2.45) is 0 Å². The van der Waals surface area contributed by atoms with E-state index in [4.69, 9.17) is 20.0 Å². The quantitative estimate of drug-likeness (QED) is 0.252. The first-order valence-corrected chi connectivity index (χ1v) is 10.8. The summed E-state index contributed by atoms with van der Waals surface area (Å²) in [5, 5.41) is 20.5. The maximum Gasteiger partial charge on any atom is 0.292 e. The lowest BCUT2D eigenvalue weighted by Crippen LogP contribution is -2.07. The highest BCUT2D eigenvalue weighted by molar-refractivity contribution is 5.87. The van der Waals surface area contributed by atoms with Crippen LogP contribution >= 0.6 is 0 Å². The fourth-order valence-electron chi connectivity index (χ4n) is 4.77. The zero-order valence-electron chi connectivity index (χ0n) is 19.1. The lowest BCUT2D eigenvalue weighted by Gasteiger charge is -2.24. The maximum absolute atomic E-state index is 9.05. The number of ether oxygens (including phenoxy) is 2. The average molecular weight is 433 g/mol. The molecule has 4 nitrogen and oxygen atoms in total. The molecular formula is C29H24N2O2. The van der Waals surface area contributed by atoms with Gasteiger partial charge in [-0.15, -0.1) is 10.5 Å². The molecule has 4 heteroatoms. The van der Waals surface area contributed by atoms with Crippen molar-refractivity contribution in [3.63, 3.8) is 0 Å². The van der Waals surface area contributed by atoms with Crippen molar-refractivity contribution < 1.29 is 9.47 Å². The number of aryl methyl sites for hydroxylation is 4. The van der Waals surface area contributed by atoms with Crippen molar-refractivity contribution in [3.05, 3.63) is 106 Å². The van der Waals surface area contributed by atoms with Gasteiger partial charge >= 0.3 is 0 Å². The number of benzene rings is 4. The number of fused-ring (bicyclic) bond motifs is 1. The molecule has 0 spiro atoms. The van der Waals surface area contributed by atoms with Crippen LogP contribution in [0.3, 0.4) is 0 Å². The molecule has 33 heavy (non-hydrogen) atoms. The van der Waals surface area contributed by atoms with Crippen LogP contribution in [-0.4, -0.2) is 0 Å². The fraction of sp³-hybridized carbons (Fsp3) is 0.172. The lowest BCUT2D eigenvalue weighted by atomic mass is 9.80. The second kappa shape index (κ2) is 9.07. The first kappa shape index (κ1) is 21.9. The van der Waals surface area contributed by atoms with E-state index in [9.17, 15) is 0 Å². The van der Waals surface area contributed by atoms with Crippen LogP contribution in [0, 0.1) is 50.7 Å². The molecule has 0 amide bonds. The van der Waals surface area contributed by atoms with Crippen LogP contribution in [0.4, 0.5) is 0 Å². The largest absolute Gasteiger partial charge is 0.387 e. The van der Waals surface area contributed by atoms with Gasteiger partial charge in [0.15, 0.2) is 0 Å². The smallest absolute Gasteiger partial charge is 0.292 e. The summed E-state index contributed by atoms with van der Waals surface area (Å²) in [5.41, 5.74) is 7.06. The molecule has 0 aliphatic heterocycles. The Morgan fingerprint density at radius 2 is 1.09 bits per heavy atom. The summed E-state index contributed by atoms with van der Waals surface area (Å²) in [6.07, 6.45) is 3.59. The van der Waals surface area contributed by atoms with Gasteiger partial charge in [0.25, 0.3) is 12.5 Å². The SMILES string of the molecule is Cc1cc(C(c2cc(C)c(OC#N)c(C)c2)c2cccc3ccccc23)cc(C)c1OC#N. The second-order valence-electron chi connectivity index (χ2n) is 8.36. The van der Waals surface area contributed by atoms with E-state index in [1.807, 2.05) is 33.8 Å². The highest BCUT2D eigenvalue weighted by Crippen LogP contribution is 2.40. The zero-order valence-corrected chi connectivity index (χ0v) is 19.1. The zero-order chi connectivity index (χ0) is 23.5. The lowest BCUT2D eigenvalue weighted by molar-refractivity contribution is 0.498. The van der Waals surface area contributed by atoms with E-state index in [0.717, 1.165) is 33.4 Å². The molecular weight excluding hydrogens is 408 g/mol. The van der Waals surface area contributed by atoms with Crippen molar-refractivity contribution in [2.45, 2.75) is 33.6 Å². The van der Waals surface area contributed by atoms with E-state index in [1.165, 1.54) is 16.3 Å². The van der Waals surface area contributed by atoms with Crippen LogP contribution < -0.4 is 9.47 Å². The van der Waals surface area contributed by atoms with Crippen molar-refractivity contribution in [1.82, 2.24) is 0 Å². The molecule has 0 aliphatic rings. The molecule has 4 rings (SSSR count). The van der Waals surface area contributed by atoms with Gasteiger partial charge in [-0.05, 0) is 77.4 Å². The Kier molecular flexibility index (Phi) is 6.03. The highest BCUT2D eigenvalue weighted by Gasteiger charge is 2.23. The highest BCUT2D eigenvalue weighted by atomic mass is 16.5. The van der Waals surface area contributed by atoms with E-state index in [1.54, 1.807) is 12.5 Å². The van der Waals surface area contributed by atoms with Crippen molar-refractivity contribution in [2.75, 3.05) is 0 Å². The predicted octanol–water partition coefficient (Wildman–Crippen LogP) is 6.97. The number of nitriles is 2. The Morgan fingerprint density at radius 1 is 0.636 bits per heavy atom. The third-order valence-corrected chi connectivity index (χ3v) is 6.06. The van der Waals surface area contributed by atoms with Gasteiger partial charge in [-0.2, -0.15) is 0 Å². The Balaban J connectivity index is 2.01. The number of rotatable bonds is 5. The minimum absolute atomic E-state index is 0.0572. The van der Waals surface area contributed by atoms with Crippen LogP contribution in [0.5, 0.6) is 11.5 Å². The van der Waals surface area contributed by atoms with Gasteiger partial charge in [-0.3, -0.25) is 0 Å². The second-order valence-corrected chi connectivity index (χ2v) is 8.36. The molecule has 0 aromatic heterocycles. The average Bonchev–Trinajstić information content (AvgIpc) is 2.79. The molecule has 0 aliphatic carbocycles. The summed E-state index contributed by atoms with van der Waals surface area (Å²) in [6.45, 7) is 7.85. The van der Waals surface area contributed by atoms with E-state index < -0.39 is 0 Å². The molecule has 4 aromatic rings. The predicted molar refractivity (Wildman–Crippen MR) is 129 cm³/mol. The molecule has 0 bridgehead atoms. The molecule has 0 fully saturated rings. The van der Waals surface area contributed by atoms with Crippen LogP contribution in [0.15, 0.2) is 66.7 Å². The Hall–Kier alpha value is -4.28. The van der Waals surface area contributed by atoms with Gasteiger partial charge in [-0.1, -0.05) is 66.7 Å². The van der Waals surface area contributed by atoms with E-state index in [-0.39, 0.29) is 5.92 Å². The number of hydrogen-bond acceptors (Lipinski definition) is 4. The first-order chi connectivity index (χ1) is 15.9. The molecule has 0 radical (unpaired) electrons. The van der Waals surface area contributed by atoms with Gasteiger partial charge in [0.1, 0.15) is 11.5 Å². The molecule has 4 aromatic carbocycles. The maximum atomic E-state index is 9.05. The van der Waals surface area contributed by atoms with Crippen molar-refractivity contribution in [3.8, 4) is 24.0 Å². The Morgan fingerprint density at radius 3 is 1.58 bits per heavy atom. The van der Waals surface area contributed by atoms with Crippen molar-refractivity contribution in [1.29, 1.82) is 10.5 Å². The molecule has 0 heterocycles. The van der Waals surface area contributed by atoms with Gasteiger partial charge < -0.3 is 9.47 Å². The van der Waals surface area contributed by atoms with E-state index >= 15 is 0 Å². The summed E-state index contributed by atoms with van der Waals surface area (Å²) in [6, 6.07) is 23.1. The van der Waals surface area contributed by atoms with Gasteiger partial charge in [0.2, 0.25) is 0 Å². The van der Waals surface area contributed by atoms with E-state index in [2.05, 4.69) is 60.7 Å². The van der Waals surface area contributed by atoms with Gasteiger partial charge in [0.05, 0.1) is 0 Å². The monoisotopic (exact) mass is 432 g/mol. The number of nitrogens with zero attached hydrogens (tertiary/aromatic N) is 2. The minimum Gasteiger partial charge on any atom is -0.387 e. The minimum atomic E-state index is -0.0572. The molecule has 0 saturated carbocycles. The standard InChI is InChI=1S/C29H24N2O2/c1-18-12-23(13-19(2)28(18)32-16-30)27(24-14-20(3)29(33-17-31)21(4)15-24)26-11-7-9-22-8-5-6-10-25(22)26/h5-15,27H,1-4H3. The topological polar surface area (TPSA) is 66.0 Å². The third kappa shape index (κ3) is 4.12. The Bertz CT molecular complexity index is 1320. The van der Waals surface area contributed by atoms with Gasteiger partial charge in [0, 0.05) is 5.92 Å². The third-order valence-electron chi connectivity index (χ3n) is 6.06. The normalized spacial score (nSPS) is 10.6. The summed E-state index contributed by atoms with van der Waals surface area (Å²) in [7, 11) is 0. The van der Waals surface area contributed by atoms with E-state index in [0.29, 0.717) is 11.5 Å². The van der Waals surface area contributed by atoms with Crippen LogP contribution in [0.2, 0.25) is 0 Å². The summed E-state index contributed by atoms with van der Waals surface area (Å²) in [4.78, 5) is 0. The summed E-state index contributed by atoms with van der Waals surface area (Å²) in [5.74, 6) is 1.14. The first-order valence-electron chi connectivity index (χ1n) is 10.8. The van der Waals surface area contributed by atoms with Crippen LogP contribution in [0.1, 0.15) is 44.9 Å². The number of hydrogen-bond donors (Lipinski definition) is 0. The molecule has 0 N–H and O–H groups in total. The molecule has 0 atom stereocenters. The summed E-state index contributed by atoms with van der Waals surface area (Å²) < 4.78 is 10.4. The Labute approximate surface area is 194 Å². The van der Waals surface area contributed by atoms with Crippen molar-refractivity contribution >= 4 is 10.8 Å². The van der Waals surface area contributed by atoms with Gasteiger partial charge in [-0.25, -0.2) is 0 Å². The molecule has 162 valence electrons. The molecule has 0 unspecified atom stereocenters. The fourth-order valence-corrected chi connectivity index (χ4v) is 4.77. The van der Waals surface area contributed by atoms with Crippen LogP contribution in [0.25, 0.3) is 10.8 Å². The molecule has 0 saturated heterocycles. The summed E-state index contributed by atoms with van der Waals surface area (Å²) >= 11 is 0. The van der Waals surface area contributed by atoms with Crippen LogP contribution in [-0.2, 0) is 0 Å².